The van der Waals surface area contributed by atoms with E-state index in [9.17, 15) is 19.3 Å². The number of halogens is 2. The first kappa shape index (κ1) is 20.4. The number of carbonyl (C=O) groups excluding carboxylic acids is 1. The van der Waals surface area contributed by atoms with E-state index in [4.69, 9.17) is 16.3 Å². The molecule has 144 valence electrons. The topological polar surface area (TPSA) is 93.5 Å². The van der Waals surface area contributed by atoms with E-state index in [1.54, 1.807) is 0 Å². The Hall–Kier alpha value is -2.87. The van der Waals surface area contributed by atoms with Gasteiger partial charge in [-0.25, -0.2) is 4.39 Å². The molecule has 0 unspecified atom stereocenters. The highest BCUT2D eigenvalue weighted by atomic mass is 35.5. The van der Waals surface area contributed by atoms with E-state index in [-0.39, 0.29) is 22.1 Å². The highest BCUT2D eigenvalue weighted by Gasteiger charge is 2.31. The number of nitrogens with one attached hydrogen (secondary N) is 2. The fourth-order valence-electron chi connectivity index (χ4n) is 2.25. The number of nitrogens with zero attached hydrogens (tertiary/aromatic N) is 1. The molecule has 7 nitrogen and oxygen atoms in total. The summed E-state index contributed by atoms with van der Waals surface area (Å²) in [4.78, 5) is 23.1. The van der Waals surface area contributed by atoms with Gasteiger partial charge in [0, 0.05) is 24.7 Å². The van der Waals surface area contributed by atoms with E-state index in [0.29, 0.717) is 12.2 Å². The lowest BCUT2D eigenvalue weighted by Crippen LogP contribution is -2.42. The SMILES string of the molecule is CCNc1ccc([N+](=O)[O-])cc1NC(=O)C(C)(C)Oc1ccc(Cl)c(F)c1. The number of amides is 1. The lowest BCUT2D eigenvalue weighted by atomic mass is 10.1. The fraction of sp³-hybridized carbons (Fsp3) is 0.278. The largest absolute Gasteiger partial charge is 0.478 e. The first-order valence-electron chi connectivity index (χ1n) is 8.12. The molecular formula is C18H19ClFN3O4. The zero-order valence-electron chi connectivity index (χ0n) is 15.0. The molecule has 27 heavy (non-hydrogen) atoms. The molecule has 0 spiro atoms. The molecule has 2 rings (SSSR count). The van der Waals surface area contributed by atoms with Gasteiger partial charge in [0.1, 0.15) is 11.6 Å². The Morgan fingerprint density at radius 3 is 2.56 bits per heavy atom. The maximum absolute atomic E-state index is 13.6. The second-order valence-electron chi connectivity index (χ2n) is 6.16. The average Bonchev–Trinajstić information content (AvgIpc) is 2.59. The third kappa shape index (κ3) is 5.07. The predicted octanol–water partition coefficient (Wildman–Crippen LogP) is 4.62. The van der Waals surface area contributed by atoms with Gasteiger partial charge in [-0.3, -0.25) is 14.9 Å². The molecule has 1 amide bonds. The number of nitro groups is 1. The molecule has 0 atom stereocenters. The van der Waals surface area contributed by atoms with E-state index in [1.165, 1.54) is 44.2 Å². The monoisotopic (exact) mass is 395 g/mol. The van der Waals surface area contributed by atoms with Crippen LogP contribution >= 0.6 is 11.6 Å². The summed E-state index contributed by atoms with van der Waals surface area (Å²) in [5, 5.41) is 16.6. The van der Waals surface area contributed by atoms with E-state index in [2.05, 4.69) is 10.6 Å². The van der Waals surface area contributed by atoms with Crippen LogP contribution in [0, 0.1) is 15.9 Å². The van der Waals surface area contributed by atoms with Gasteiger partial charge in [0.15, 0.2) is 5.60 Å². The van der Waals surface area contributed by atoms with Crippen LogP contribution in [0.5, 0.6) is 5.75 Å². The second kappa shape index (κ2) is 8.22. The molecule has 0 aliphatic heterocycles. The molecule has 9 heteroatoms. The molecule has 0 aromatic heterocycles. The van der Waals surface area contributed by atoms with Crippen molar-refractivity contribution in [3.63, 3.8) is 0 Å². The first-order chi connectivity index (χ1) is 12.6. The van der Waals surface area contributed by atoms with Gasteiger partial charge in [0.25, 0.3) is 11.6 Å². The quantitative estimate of drug-likeness (QED) is 0.527. The average molecular weight is 396 g/mol. The van der Waals surface area contributed by atoms with Crippen LogP contribution in [0.3, 0.4) is 0 Å². The highest BCUT2D eigenvalue weighted by Crippen LogP contribution is 2.29. The van der Waals surface area contributed by atoms with E-state index >= 15 is 0 Å². The summed E-state index contributed by atoms with van der Waals surface area (Å²) in [6.07, 6.45) is 0. The van der Waals surface area contributed by atoms with Crippen LogP contribution in [-0.4, -0.2) is 23.0 Å². The van der Waals surface area contributed by atoms with Crippen molar-refractivity contribution in [1.82, 2.24) is 0 Å². The van der Waals surface area contributed by atoms with Crippen molar-refractivity contribution in [1.29, 1.82) is 0 Å². The Bertz CT molecular complexity index is 874. The molecule has 2 N–H and O–H groups in total. The molecule has 0 saturated carbocycles. The van der Waals surface area contributed by atoms with Crippen molar-refractivity contribution < 1.29 is 18.8 Å². The minimum atomic E-state index is -1.38. The second-order valence-corrected chi connectivity index (χ2v) is 6.57. The number of benzene rings is 2. The van der Waals surface area contributed by atoms with Crippen molar-refractivity contribution in [2.75, 3.05) is 17.2 Å². The predicted molar refractivity (Wildman–Crippen MR) is 102 cm³/mol. The van der Waals surface area contributed by atoms with Crippen LogP contribution in [0.15, 0.2) is 36.4 Å². The summed E-state index contributed by atoms with van der Waals surface area (Å²) >= 11 is 5.64. The molecule has 0 bridgehead atoms. The number of non-ortho nitro benzene ring substituents is 1. The summed E-state index contributed by atoms with van der Waals surface area (Å²) in [5.74, 6) is -1.10. The summed E-state index contributed by atoms with van der Waals surface area (Å²) in [6, 6.07) is 7.95. The van der Waals surface area contributed by atoms with Crippen LogP contribution < -0.4 is 15.4 Å². The Balaban J connectivity index is 2.24. The molecule has 0 fully saturated rings. The van der Waals surface area contributed by atoms with Gasteiger partial charge >= 0.3 is 0 Å². The van der Waals surface area contributed by atoms with Crippen LogP contribution in [0.1, 0.15) is 20.8 Å². The van der Waals surface area contributed by atoms with Gasteiger partial charge in [-0.1, -0.05) is 11.6 Å². The molecule has 0 heterocycles. The van der Waals surface area contributed by atoms with Gasteiger partial charge in [-0.05, 0) is 39.0 Å². The van der Waals surface area contributed by atoms with Crippen LogP contribution in [0.2, 0.25) is 5.02 Å². The van der Waals surface area contributed by atoms with Crippen molar-refractivity contribution in [3.8, 4) is 5.75 Å². The molecule has 0 aliphatic carbocycles. The van der Waals surface area contributed by atoms with Crippen molar-refractivity contribution in [2.45, 2.75) is 26.4 Å². The Labute approximate surface area is 160 Å². The molecule has 2 aromatic rings. The lowest BCUT2D eigenvalue weighted by Gasteiger charge is -2.26. The Morgan fingerprint density at radius 2 is 1.96 bits per heavy atom. The first-order valence-corrected chi connectivity index (χ1v) is 8.49. The number of hydrogen-bond acceptors (Lipinski definition) is 5. The summed E-state index contributed by atoms with van der Waals surface area (Å²) in [6.45, 7) is 5.41. The number of nitro benzene ring substituents is 1. The Morgan fingerprint density at radius 1 is 1.26 bits per heavy atom. The minimum absolute atomic E-state index is 0.0588. The third-order valence-electron chi connectivity index (χ3n) is 3.64. The number of rotatable bonds is 7. The number of carbonyl (C=O) groups is 1. The van der Waals surface area contributed by atoms with Crippen molar-refractivity contribution in [3.05, 3.63) is 57.4 Å². The standard InChI is InChI=1S/C18H19ClFN3O4/c1-4-21-15-8-5-11(23(25)26)9-16(15)22-17(24)18(2,3)27-12-6-7-13(19)14(20)10-12/h5-10,21H,4H2,1-3H3,(H,22,24). The number of hydrogen-bond donors (Lipinski definition) is 2. The van der Waals surface area contributed by atoms with E-state index in [0.717, 1.165) is 6.07 Å². The number of anilines is 2. The van der Waals surface area contributed by atoms with Crippen LogP contribution in [-0.2, 0) is 4.79 Å². The lowest BCUT2D eigenvalue weighted by molar-refractivity contribution is -0.384. The minimum Gasteiger partial charge on any atom is -0.478 e. The molecule has 0 aliphatic rings. The third-order valence-corrected chi connectivity index (χ3v) is 3.95. The molecule has 2 aromatic carbocycles. The smallest absolute Gasteiger partial charge is 0.271 e. The summed E-state index contributed by atoms with van der Waals surface area (Å²) in [5.41, 5.74) is -0.765. The summed E-state index contributed by atoms with van der Waals surface area (Å²) < 4.78 is 19.2. The molecular weight excluding hydrogens is 377 g/mol. The van der Waals surface area contributed by atoms with E-state index in [1.807, 2.05) is 6.92 Å². The normalized spacial score (nSPS) is 11.0. The van der Waals surface area contributed by atoms with Crippen LogP contribution in [0.25, 0.3) is 0 Å². The number of ether oxygens (including phenoxy) is 1. The zero-order valence-corrected chi connectivity index (χ0v) is 15.8. The van der Waals surface area contributed by atoms with Gasteiger partial charge < -0.3 is 15.4 Å². The van der Waals surface area contributed by atoms with Gasteiger partial charge in [0.05, 0.1) is 21.3 Å². The molecule has 0 radical (unpaired) electrons. The zero-order chi connectivity index (χ0) is 20.2. The van der Waals surface area contributed by atoms with Gasteiger partial charge in [-0.15, -0.1) is 0 Å². The van der Waals surface area contributed by atoms with Gasteiger partial charge in [0.2, 0.25) is 0 Å². The molecule has 0 saturated heterocycles. The Kier molecular flexibility index (Phi) is 6.22. The van der Waals surface area contributed by atoms with Crippen molar-refractivity contribution >= 4 is 34.6 Å². The summed E-state index contributed by atoms with van der Waals surface area (Å²) in [7, 11) is 0. The van der Waals surface area contributed by atoms with E-state index < -0.39 is 22.2 Å². The van der Waals surface area contributed by atoms with Crippen molar-refractivity contribution in [2.24, 2.45) is 0 Å². The maximum Gasteiger partial charge on any atom is 0.271 e. The fourth-order valence-corrected chi connectivity index (χ4v) is 2.37. The maximum atomic E-state index is 13.6. The highest BCUT2D eigenvalue weighted by molar-refractivity contribution is 6.30. The van der Waals surface area contributed by atoms with Gasteiger partial charge in [-0.2, -0.15) is 0 Å². The van der Waals surface area contributed by atoms with Crippen LogP contribution in [0.4, 0.5) is 21.5 Å².